The van der Waals surface area contributed by atoms with Crippen LogP contribution in [0.1, 0.15) is 45.1 Å². The van der Waals surface area contributed by atoms with Crippen LogP contribution >= 0.6 is 0 Å². The van der Waals surface area contributed by atoms with Gasteiger partial charge < -0.3 is 14.6 Å². The van der Waals surface area contributed by atoms with E-state index in [4.69, 9.17) is 4.42 Å². The van der Waals surface area contributed by atoms with Crippen LogP contribution in [-0.4, -0.2) is 48.6 Å². The highest BCUT2D eigenvalue weighted by Gasteiger charge is 2.21. The first-order chi connectivity index (χ1) is 9.83. The Bertz CT molecular complexity index is 427. The number of likely N-dealkylation sites (tertiary alicyclic amines) is 1. The molecule has 1 aliphatic heterocycles. The lowest BCUT2D eigenvalue weighted by molar-refractivity contribution is 0.132. The Hall–Kier alpha value is -0.840. The van der Waals surface area contributed by atoms with Gasteiger partial charge in [0.15, 0.2) is 0 Å². The summed E-state index contributed by atoms with van der Waals surface area (Å²) in [6.07, 6.45) is 2.51. The largest absolute Gasteiger partial charge is 0.463 e. The summed E-state index contributed by atoms with van der Waals surface area (Å²) >= 11 is 0. The molecule has 0 spiro atoms. The Morgan fingerprint density at radius 1 is 1.24 bits per heavy atom. The Kier molecular flexibility index (Phi) is 5.47. The molecule has 1 aliphatic rings. The Labute approximate surface area is 129 Å². The normalized spacial score (nSPS) is 18.6. The van der Waals surface area contributed by atoms with Crippen LogP contribution in [0.15, 0.2) is 16.5 Å². The summed E-state index contributed by atoms with van der Waals surface area (Å²) in [5, 5.41) is 3.46. The fourth-order valence-corrected chi connectivity index (χ4v) is 2.77. The SMILES string of the molecule is CN1CCC(N(C)Cc2ccc(CNC(C)(C)C)o2)CC1. The fraction of sp³-hybridized carbons (Fsp3) is 0.765. The number of piperidine rings is 1. The molecule has 0 amide bonds. The predicted octanol–water partition coefficient (Wildman–Crippen LogP) is 2.69. The molecule has 1 saturated heterocycles. The molecule has 120 valence electrons. The van der Waals surface area contributed by atoms with Gasteiger partial charge in [0.1, 0.15) is 11.5 Å². The van der Waals surface area contributed by atoms with Crippen LogP contribution in [0.25, 0.3) is 0 Å². The highest BCUT2D eigenvalue weighted by molar-refractivity contribution is 5.07. The molecular weight excluding hydrogens is 262 g/mol. The van der Waals surface area contributed by atoms with Crippen molar-refractivity contribution in [1.29, 1.82) is 0 Å². The molecule has 0 aromatic carbocycles. The second-order valence-corrected chi connectivity index (χ2v) is 7.42. The maximum absolute atomic E-state index is 5.95. The van der Waals surface area contributed by atoms with Crippen LogP contribution in [0.2, 0.25) is 0 Å². The molecule has 2 rings (SSSR count). The second-order valence-electron chi connectivity index (χ2n) is 7.42. The van der Waals surface area contributed by atoms with Crippen LogP contribution < -0.4 is 5.32 Å². The summed E-state index contributed by atoms with van der Waals surface area (Å²) in [6, 6.07) is 4.89. The average Bonchev–Trinajstić information content (AvgIpc) is 2.84. The van der Waals surface area contributed by atoms with E-state index in [9.17, 15) is 0 Å². The molecule has 21 heavy (non-hydrogen) atoms. The third kappa shape index (κ3) is 5.46. The molecule has 0 radical (unpaired) electrons. The maximum Gasteiger partial charge on any atom is 0.118 e. The van der Waals surface area contributed by atoms with Gasteiger partial charge in [-0.15, -0.1) is 0 Å². The van der Waals surface area contributed by atoms with E-state index in [-0.39, 0.29) is 5.54 Å². The van der Waals surface area contributed by atoms with Crippen LogP contribution in [-0.2, 0) is 13.1 Å². The molecule has 0 bridgehead atoms. The number of hydrogen-bond donors (Lipinski definition) is 1. The van der Waals surface area contributed by atoms with Crippen molar-refractivity contribution >= 4 is 0 Å². The van der Waals surface area contributed by atoms with Crippen molar-refractivity contribution in [1.82, 2.24) is 15.1 Å². The number of rotatable bonds is 5. The van der Waals surface area contributed by atoms with Gasteiger partial charge in [-0.25, -0.2) is 0 Å². The van der Waals surface area contributed by atoms with Crippen LogP contribution in [0.4, 0.5) is 0 Å². The van der Waals surface area contributed by atoms with Crippen LogP contribution in [0, 0.1) is 0 Å². The van der Waals surface area contributed by atoms with Crippen LogP contribution in [0.3, 0.4) is 0 Å². The fourth-order valence-electron chi connectivity index (χ4n) is 2.77. The molecule has 0 aliphatic carbocycles. The van der Waals surface area contributed by atoms with Gasteiger partial charge in [-0.05, 0) is 72.9 Å². The first kappa shape index (κ1) is 16.5. The summed E-state index contributed by atoms with van der Waals surface area (Å²) in [5.41, 5.74) is 0.123. The van der Waals surface area contributed by atoms with Crippen molar-refractivity contribution in [2.45, 2.75) is 58.3 Å². The standard InChI is InChI=1S/C17H31N3O/c1-17(2,3)18-12-15-6-7-16(21-15)13-20(5)14-8-10-19(4)11-9-14/h6-7,14,18H,8-13H2,1-5H3. The summed E-state index contributed by atoms with van der Waals surface area (Å²) in [7, 11) is 4.42. The van der Waals surface area contributed by atoms with E-state index in [0.717, 1.165) is 24.6 Å². The van der Waals surface area contributed by atoms with Gasteiger partial charge in [0.05, 0.1) is 13.1 Å². The van der Waals surface area contributed by atoms with Crippen molar-refractivity contribution in [3.05, 3.63) is 23.7 Å². The van der Waals surface area contributed by atoms with Gasteiger partial charge in [0.25, 0.3) is 0 Å². The monoisotopic (exact) mass is 293 g/mol. The molecule has 4 heteroatoms. The van der Waals surface area contributed by atoms with E-state index < -0.39 is 0 Å². The maximum atomic E-state index is 5.95. The smallest absolute Gasteiger partial charge is 0.118 e. The van der Waals surface area contributed by atoms with E-state index in [0.29, 0.717) is 6.04 Å². The molecule has 2 heterocycles. The quantitative estimate of drug-likeness (QED) is 0.904. The molecule has 0 atom stereocenters. The number of hydrogen-bond acceptors (Lipinski definition) is 4. The van der Waals surface area contributed by atoms with E-state index in [2.05, 4.69) is 62.1 Å². The molecule has 4 nitrogen and oxygen atoms in total. The van der Waals surface area contributed by atoms with E-state index >= 15 is 0 Å². The molecule has 1 aromatic rings. The first-order valence-electron chi connectivity index (χ1n) is 8.05. The number of furan rings is 1. The van der Waals surface area contributed by atoms with Gasteiger partial charge in [-0.2, -0.15) is 0 Å². The number of nitrogens with zero attached hydrogens (tertiary/aromatic N) is 2. The van der Waals surface area contributed by atoms with Crippen LogP contribution in [0.5, 0.6) is 0 Å². The molecule has 0 unspecified atom stereocenters. The van der Waals surface area contributed by atoms with Gasteiger partial charge >= 0.3 is 0 Å². The molecule has 1 aromatic heterocycles. The van der Waals surface area contributed by atoms with Gasteiger partial charge in [0.2, 0.25) is 0 Å². The lowest BCUT2D eigenvalue weighted by atomic mass is 10.0. The van der Waals surface area contributed by atoms with E-state index in [1.54, 1.807) is 0 Å². The van der Waals surface area contributed by atoms with Crippen molar-refractivity contribution in [3.8, 4) is 0 Å². The zero-order valence-electron chi connectivity index (χ0n) is 14.3. The lowest BCUT2D eigenvalue weighted by Gasteiger charge is -2.34. The topological polar surface area (TPSA) is 31.6 Å². The minimum absolute atomic E-state index is 0.123. The lowest BCUT2D eigenvalue weighted by Crippen LogP contribution is -2.41. The van der Waals surface area contributed by atoms with Crippen molar-refractivity contribution in [2.24, 2.45) is 0 Å². The molecular formula is C17H31N3O. The van der Waals surface area contributed by atoms with E-state index in [1.807, 2.05) is 0 Å². The zero-order valence-corrected chi connectivity index (χ0v) is 14.3. The highest BCUT2D eigenvalue weighted by atomic mass is 16.3. The summed E-state index contributed by atoms with van der Waals surface area (Å²) < 4.78 is 5.95. The second kappa shape index (κ2) is 6.95. The van der Waals surface area contributed by atoms with Gasteiger partial charge in [0, 0.05) is 11.6 Å². The van der Waals surface area contributed by atoms with Gasteiger partial charge in [-0.1, -0.05) is 0 Å². The van der Waals surface area contributed by atoms with Gasteiger partial charge in [-0.3, -0.25) is 4.90 Å². The minimum Gasteiger partial charge on any atom is -0.463 e. The van der Waals surface area contributed by atoms with Crippen molar-refractivity contribution in [3.63, 3.8) is 0 Å². The Morgan fingerprint density at radius 2 is 1.86 bits per heavy atom. The first-order valence-corrected chi connectivity index (χ1v) is 8.05. The molecule has 1 N–H and O–H groups in total. The highest BCUT2D eigenvalue weighted by Crippen LogP contribution is 2.18. The summed E-state index contributed by atoms with van der Waals surface area (Å²) in [5.74, 6) is 2.10. The summed E-state index contributed by atoms with van der Waals surface area (Å²) in [6.45, 7) is 10.6. The third-order valence-electron chi connectivity index (χ3n) is 4.23. The zero-order chi connectivity index (χ0) is 15.5. The Balaban J connectivity index is 1.81. The summed E-state index contributed by atoms with van der Waals surface area (Å²) in [4.78, 5) is 4.85. The predicted molar refractivity (Wildman–Crippen MR) is 87.3 cm³/mol. The van der Waals surface area contributed by atoms with Crippen molar-refractivity contribution in [2.75, 3.05) is 27.2 Å². The number of nitrogens with one attached hydrogen (secondary N) is 1. The third-order valence-corrected chi connectivity index (χ3v) is 4.23. The minimum atomic E-state index is 0.123. The molecule has 1 fully saturated rings. The molecule has 0 saturated carbocycles. The van der Waals surface area contributed by atoms with Crippen molar-refractivity contribution < 1.29 is 4.42 Å². The van der Waals surface area contributed by atoms with E-state index in [1.165, 1.54) is 25.9 Å². The average molecular weight is 293 g/mol. The Morgan fingerprint density at radius 3 is 2.48 bits per heavy atom.